The molecule has 26 heavy (non-hydrogen) atoms. The monoisotopic (exact) mass is 379 g/mol. The number of carbonyl (C=O) groups excluding carboxylic acids is 1. The first-order valence-corrected chi connectivity index (χ1v) is 8.95. The molecule has 1 aromatic carbocycles. The fraction of sp³-hybridized carbons (Fsp3) is 0.412. The summed E-state index contributed by atoms with van der Waals surface area (Å²) in [5.74, 6) is -2.90. The lowest BCUT2D eigenvalue weighted by Crippen LogP contribution is -2.49. The molecule has 0 fully saturated rings. The molecule has 0 saturated heterocycles. The quantitative estimate of drug-likeness (QED) is 0.525. The van der Waals surface area contributed by atoms with E-state index in [0.717, 1.165) is 10.2 Å². The van der Waals surface area contributed by atoms with E-state index in [4.69, 9.17) is 0 Å². The van der Waals surface area contributed by atoms with Crippen LogP contribution in [0, 0.1) is 5.92 Å². The van der Waals surface area contributed by atoms with E-state index in [1.165, 1.54) is 11.3 Å². The van der Waals surface area contributed by atoms with E-state index in [-0.39, 0.29) is 12.3 Å². The number of carboxylic acids is 2. The first-order valence-electron chi connectivity index (χ1n) is 8.13. The van der Waals surface area contributed by atoms with Gasteiger partial charge in [0.2, 0.25) is 5.91 Å². The fourth-order valence-electron chi connectivity index (χ4n) is 2.45. The highest BCUT2D eigenvalue weighted by atomic mass is 32.1. The first kappa shape index (κ1) is 19.8. The van der Waals surface area contributed by atoms with Crippen LogP contribution in [0.5, 0.6) is 0 Å². The topological polar surface area (TPSA) is 129 Å². The van der Waals surface area contributed by atoms with Gasteiger partial charge in [0.05, 0.1) is 16.6 Å². The number of aromatic nitrogens is 1. The highest BCUT2D eigenvalue weighted by molar-refractivity contribution is 7.22. The van der Waals surface area contributed by atoms with Crippen molar-refractivity contribution in [2.75, 3.05) is 5.32 Å². The van der Waals surface area contributed by atoms with E-state index in [2.05, 4.69) is 15.6 Å². The summed E-state index contributed by atoms with van der Waals surface area (Å²) in [4.78, 5) is 39.2. The molecule has 4 N–H and O–H groups in total. The molecule has 0 spiro atoms. The summed E-state index contributed by atoms with van der Waals surface area (Å²) in [6.45, 7) is 3.68. The Kier molecular flexibility index (Phi) is 6.64. The summed E-state index contributed by atoms with van der Waals surface area (Å²) < 4.78 is 0.901. The summed E-state index contributed by atoms with van der Waals surface area (Å²) in [5.41, 5.74) is 0.739. The third-order valence-electron chi connectivity index (χ3n) is 3.64. The number of carbonyl (C=O) groups is 3. The fourth-order valence-corrected chi connectivity index (χ4v) is 3.34. The molecule has 1 amide bonds. The van der Waals surface area contributed by atoms with Crippen molar-refractivity contribution in [1.29, 1.82) is 0 Å². The number of benzene rings is 1. The van der Waals surface area contributed by atoms with E-state index in [0.29, 0.717) is 5.13 Å². The van der Waals surface area contributed by atoms with Gasteiger partial charge in [-0.15, -0.1) is 0 Å². The van der Waals surface area contributed by atoms with Crippen molar-refractivity contribution in [2.24, 2.45) is 5.92 Å². The van der Waals surface area contributed by atoms with Crippen LogP contribution in [0.25, 0.3) is 10.2 Å². The molecular formula is C17H21N3O5S. The molecule has 0 aliphatic heterocycles. The maximum atomic E-state index is 12.2. The largest absolute Gasteiger partial charge is 0.480 e. The molecule has 0 aliphatic rings. The van der Waals surface area contributed by atoms with Crippen molar-refractivity contribution in [3.05, 3.63) is 24.3 Å². The van der Waals surface area contributed by atoms with Crippen LogP contribution in [0.15, 0.2) is 24.3 Å². The van der Waals surface area contributed by atoms with Gasteiger partial charge in [0.1, 0.15) is 12.1 Å². The number of fused-ring (bicyclic) bond motifs is 1. The van der Waals surface area contributed by atoms with Crippen molar-refractivity contribution >= 4 is 44.5 Å². The van der Waals surface area contributed by atoms with E-state index in [9.17, 15) is 24.6 Å². The highest BCUT2D eigenvalue weighted by Crippen LogP contribution is 2.25. The summed E-state index contributed by atoms with van der Waals surface area (Å²) in [5, 5.41) is 24.1. The van der Waals surface area contributed by atoms with Gasteiger partial charge in [-0.05, 0) is 24.5 Å². The van der Waals surface area contributed by atoms with E-state index < -0.39 is 36.4 Å². The molecule has 0 radical (unpaired) electrons. The Morgan fingerprint density at radius 3 is 2.35 bits per heavy atom. The van der Waals surface area contributed by atoms with Crippen molar-refractivity contribution in [3.63, 3.8) is 0 Å². The minimum absolute atomic E-state index is 0.0645. The number of rotatable bonds is 9. The molecule has 8 nitrogen and oxygen atoms in total. The van der Waals surface area contributed by atoms with Crippen LogP contribution in [0.4, 0.5) is 5.13 Å². The number of carboxylic acid groups (broad SMARTS) is 2. The van der Waals surface area contributed by atoms with Gasteiger partial charge in [0.15, 0.2) is 5.13 Å². The number of nitrogens with one attached hydrogen (secondary N) is 2. The maximum Gasteiger partial charge on any atom is 0.321 e. The van der Waals surface area contributed by atoms with Crippen LogP contribution in [0.2, 0.25) is 0 Å². The summed E-state index contributed by atoms with van der Waals surface area (Å²) >= 11 is 1.28. The van der Waals surface area contributed by atoms with Gasteiger partial charge in [-0.1, -0.05) is 37.3 Å². The third kappa shape index (κ3) is 5.50. The Labute approximate surface area is 154 Å². The number of thiazole rings is 1. The van der Waals surface area contributed by atoms with Crippen LogP contribution in [0.3, 0.4) is 0 Å². The third-order valence-corrected chi connectivity index (χ3v) is 4.59. The molecule has 9 heteroatoms. The molecule has 1 aromatic heterocycles. The second kappa shape index (κ2) is 8.72. The van der Waals surface area contributed by atoms with Crippen molar-refractivity contribution < 1.29 is 24.6 Å². The Balaban J connectivity index is 2.02. The van der Waals surface area contributed by atoms with Crippen molar-refractivity contribution in [1.82, 2.24) is 10.3 Å². The lowest BCUT2D eigenvalue weighted by molar-refractivity contribution is -0.144. The zero-order valence-corrected chi connectivity index (χ0v) is 15.2. The SMILES string of the molecule is CC(C)CC(NC(CC(=O)Nc1nc2ccccc2s1)C(=O)O)C(=O)O. The summed E-state index contributed by atoms with van der Waals surface area (Å²) in [6.07, 6.45) is -0.133. The van der Waals surface area contributed by atoms with Gasteiger partial charge in [0.25, 0.3) is 0 Å². The Bertz CT molecular complexity index is 772. The molecule has 2 rings (SSSR count). The van der Waals surface area contributed by atoms with Gasteiger partial charge in [-0.25, -0.2) is 4.98 Å². The Morgan fingerprint density at radius 1 is 1.12 bits per heavy atom. The summed E-state index contributed by atoms with van der Waals surface area (Å²) in [7, 11) is 0. The zero-order valence-electron chi connectivity index (χ0n) is 14.4. The second-order valence-corrected chi connectivity index (χ2v) is 7.35. The van der Waals surface area contributed by atoms with Gasteiger partial charge < -0.3 is 15.5 Å². The average molecular weight is 379 g/mol. The number of para-hydroxylation sites is 1. The Hall–Kier alpha value is -2.52. The molecule has 0 aliphatic carbocycles. The predicted molar refractivity (Wildman–Crippen MR) is 98.3 cm³/mol. The first-order chi connectivity index (χ1) is 12.3. The normalized spacial score (nSPS) is 13.5. The van der Waals surface area contributed by atoms with Crippen LogP contribution in [-0.2, 0) is 14.4 Å². The van der Waals surface area contributed by atoms with Gasteiger partial charge in [-0.2, -0.15) is 0 Å². The number of amides is 1. The molecule has 0 saturated carbocycles. The molecule has 2 aromatic rings. The molecule has 140 valence electrons. The number of aliphatic carboxylic acids is 2. The van der Waals surface area contributed by atoms with Crippen LogP contribution in [0.1, 0.15) is 26.7 Å². The second-order valence-electron chi connectivity index (χ2n) is 6.32. The van der Waals surface area contributed by atoms with Crippen molar-refractivity contribution in [2.45, 2.75) is 38.8 Å². The minimum Gasteiger partial charge on any atom is -0.480 e. The van der Waals surface area contributed by atoms with Gasteiger partial charge >= 0.3 is 11.9 Å². The van der Waals surface area contributed by atoms with Gasteiger partial charge in [-0.3, -0.25) is 19.7 Å². The van der Waals surface area contributed by atoms with Crippen LogP contribution >= 0.6 is 11.3 Å². The van der Waals surface area contributed by atoms with Crippen molar-refractivity contribution in [3.8, 4) is 0 Å². The van der Waals surface area contributed by atoms with E-state index in [1.807, 2.05) is 38.1 Å². The number of hydrogen-bond acceptors (Lipinski definition) is 6. The van der Waals surface area contributed by atoms with Gasteiger partial charge in [0, 0.05) is 0 Å². The van der Waals surface area contributed by atoms with E-state index in [1.54, 1.807) is 0 Å². The molecule has 1 heterocycles. The maximum absolute atomic E-state index is 12.2. The van der Waals surface area contributed by atoms with E-state index >= 15 is 0 Å². The Morgan fingerprint density at radius 2 is 1.77 bits per heavy atom. The molecule has 2 unspecified atom stereocenters. The standard InChI is InChI=1S/C17H21N3O5S/c1-9(2)7-11(15(22)23)18-12(16(24)25)8-14(21)20-17-19-10-5-3-4-6-13(10)26-17/h3-6,9,11-12,18H,7-8H2,1-2H3,(H,22,23)(H,24,25)(H,19,20,21). The smallest absolute Gasteiger partial charge is 0.321 e. The summed E-state index contributed by atoms with van der Waals surface area (Å²) in [6, 6.07) is 5.03. The molecule has 2 atom stereocenters. The zero-order chi connectivity index (χ0) is 19.3. The van der Waals surface area contributed by atoms with Crippen LogP contribution in [-0.4, -0.2) is 45.1 Å². The number of anilines is 1. The molecule has 0 bridgehead atoms. The number of nitrogens with zero attached hydrogens (tertiary/aromatic N) is 1. The van der Waals surface area contributed by atoms with Crippen LogP contribution < -0.4 is 10.6 Å². The predicted octanol–water partition coefficient (Wildman–Crippen LogP) is 2.17. The lowest BCUT2D eigenvalue weighted by atomic mass is 10.0. The average Bonchev–Trinajstić information content (AvgIpc) is 2.94. The molecular weight excluding hydrogens is 358 g/mol. The number of hydrogen-bond donors (Lipinski definition) is 4. The highest BCUT2D eigenvalue weighted by Gasteiger charge is 2.28. The lowest BCUT2D eigenvalue weighted by Gasteiger charge is -2.21. The minimum atomic E-state index is -1.30.